The van der Waals surface area contributed by atoms with Gasteiger partial charge in [0.1, 0.15) is 5.78 Å². The molecule has 1 atom stereocenters. The van der Waals surface area contributed by atoms with Gasteiger partial charge in [-0.1, -0.05) is 31.0 Å². The van der Waals surface area contributed by atoms with Gasteiger partial charge in [0.25, 0.3) is 0 Å². The lowest BCUT2D eigenvalue weighted by Gasteiger charge is -2.12. The van der Waals surface area contributed by atoms with Crippen molar-refractivity contribution in [1.82, 2.24) is 0 Å². The lowest BCUT2D eigenvalue weighted by Crippen LogP contribution is -2.17. The Bertz CT molecular complexity index is 520. The molecule has 0 aliphatic heterocycles. The SMILES string of the molecule is O=C1CCCCCC1CCS(=O)(=O)c1ccccc1. The summed E-state index contributed by atoms with van der Waals surface area (Å²) in [5.74, 6) is 0.273. The summed E-state index contributed by atoms with van der Waals surface area (Å²) in [6, 6.07) is 8.48. The molecule has 19 heavy (non-hydrogen) atoms. The highest BCUT2D eigenvalue weighted by Gasteiger charge is 2.23. The van der Waals surface area contributed by atoms with E-state index < -0.39 is 9.84 Å². The van der Waals surface area contributed by atoms with Crippen molar-refractivity contribution in [2.75, 3.05) is 5.75 Å². The summed E-state index contributed by atoms with van der Waals surface area (Å²) < 4.78 is 24.3. The van der Waals surface area contributed by atoms with Crippen molar-refractivity contribution in [3.8, 4) is 0 Å². The number of carbonyl (C=O) groups excluding carboxylic acids is 1. The zero-order chi connectivity index (χ0) is 13.7. The number of hydrogen-bond donors (Lipinski definition) is 0. The van der Waals surface area contributed by atoms with E-state index in [0.29, 0.717) is 17.7 Å². The zero-order valence-corrected chi connectivity index (χ0v) is 11.9. The summed E-state index contributed by atoms with van der Waals surface area (Å²) in [6.45, 7) is 0. The van der Waals surface area contributed by atoms with Crippen LogP contribution in [0.1, 0.15) is 38.5 Å². The second-order valence-electron chi connectivity index (χ2n) is 5.18. The third-order valence-electron chi connectivity index (χ3n) is 3.77. The first-order chi connectivity index (χ1) is 9.09. The first-order valence-corrected chi connectivity index (χ1v) is 8.55. The van der Waals surface area contributed by atoms with Crippen LogP contribution in [0.4, 0.5) is 0 Å². The fourth-order valence-electron chi connectivity index (χ4n) is 2.58. The van der Waals surface area contributed by atoms with Gasteiger partial charge in [-0.2, -0.15) is 0 Å². The molecule has 0 radical (unpaired) electrons. The molecule has 1 unspecified atom stereocenters. The molecular weight excluding hydrogens is 260 g/mol. The second kappa shape index (κ2) is 6.33. The lowest BCUT2D eigenvalue weighted by atomic mass is 9.96. The van der Waals surface area contributed by atoms with Gasteiger partial charge in [-0.25, -0.2) is 8.42 Å². The van der Waals surface area contributed by atoms with Crippen molar-refractivity contribution < 1.29 is 13.2 Å². The minimum Gasteiger partial charge on any atom is -0.299 e. The smallest absolute Gasteiger partial charge is 0.178 e. The van der Waals surface area contributed by atoms with Crippen LogP contribution in [0.5, 0.6) is 0 Å². The molecule has 0 saturated heterocycles. The van der Waals surface area contributed by atoms with Crippen LogP contribution in [0.15, 0.2) is 35.2 Å². The summed E-state index contributed by atoms with van der Waals surface area (Å²) in [5, 5.41) is 0. The Labute approximate surface area is 114 Å². The molecule has 4 heteroatoms. The molecule has 1 aliphatic rings. The third-order valence-corrected chi connectivity index (χ3v) is 5.53. The molecule has 0 spiro atoms. The van der Waals surface area contributed by atoms with Crippen LogP contribution in [-0.4, -0.2) is 20.0 Å². The first-order valence-electron chi connectivity index (χ1n) is 6.90. The molecule has 0 aromatic heterocycles. The average molecular weight is 280 g/mol. The van der Waals surface area contributed by atoms with Crippen LogP contribution < -0.4 is 0 Å². The summed E-state index contributed by atoms with van der Waals surface area (Å²) in [5.41, 5.74) is 0. The summed E-state index contributed by atoms with van der Waals surface area (Å²) >= 11 is 0. The number of carbonyl (C=O) groups is 1. The Balaban J connectivity index is 1.99. The Morgan fingerprint density at radius 1 is 1.05 bits per heavy atom. The van der Waals surface area contributed by atoms with Crippen LogP contribution in [0.3, 0.4) is 0 Å². The molecular formula is C15H20O3S. The maximum atomic E-state index is 12.2. The van der Waals surface area contributed by atoms with Gasteiger partial charge in [0, 0.05) is 12.3 Å². The molecule has 1 aromatic carbocycles. The molecule has 1 aromatic rings. The topological polar surface area (TPSA) is 51.2 Å². The van der Waals surface area contributed by atoms with E-state index in [2.05, 4.69) is 0 Å². The highest BCUT2D eigenvalue weighted by atomic mass is 32.2. The lowest BCUT2D eigenvalue weighted by molar-refractivity contribution is -0.122. The first kappa shape index (κ1) is 14.3. The Kier molecular flexibility index (Phi) is 4.75. The molecule has 104 valence electrons. The van der Waals surface area contributed by atoms with Crippen LogP contribution in [0.25, 0.3) is 0 Å². The Hall–Kier alpha value is -1.16. The highest BCUT2D eigenvalue weighted by molar-refractivity contribution is 7.91. The Morgan fingerprint density at radius 2 is 1.79 bits per heavy atom. The van der Waals surface area contributed by atoms with E-state index in [0.717, 1.165) is 25.7 Å². The molecule has 0 amide bonds. The fourth-order valence-corrected chi connectivity index (χ4v) is 3.98. The maximum Gasteiger partial charge on any atom is 0.178 e. The van der Waals surface area contributed by atoms with E-state index >= 15 is 0 Å². The van der Waals surface area contributed by atoms with Crippen molar-refractivity contribution >= 4 is 15.6 Å². The van der Waals surface area contributed by atoms with Crippen LogP contribution in [-0.2, 0) is 14.6 Å². The van der Waals surface area contributed by atoms with Gasteiger partial charge < -0.3 is 0 Å². The normalized spacial score (nSPS) is 21.1. The monoisotopic (exact) mass is 280 g/mol. The second-order valence-corrected chi connectivity index (χ2v) is 7.29. The van der Waals surface area contributed by atoms with Crippen LogP contribution in [0.2, 0.25) is 0 Å². The van der Waals surface area contributed by atoms with Crippen molar-refractivity contribution in [3.63, 3.8) is 0 Å². The minimum absolute atomic E-state index is 0.0546. The molecule has 3 nitrogen and oxygen atoms in total. The van der Waals surface area contributed by atoms with E-state index in [1.165, 1.54) is 0 Å². The highest BCUT2D eigenvalue weighted by Crippen LogP contribution is 2.24. The predicted octanol–water partition coefficient (Wildman–Crippen LogP) is 3.00. The van der Waals surface area contributed by atoms with E-state index in [9.17, 15) is 13.2 Å². The van der Waals surface area contributed by atoms with Crippen molar-refractivity contribution in [2.24, 2.45) is 5.92 Å². The minimum atomic E-state index is -3.25. The fraction of sp³-hybridized carbons (Fsp3) is 0.533. The quantitative estimate of drug-likeness (QED) is 0.797. The summed E-state index contributed by atoms with van der Waals surface area (Å²) in [7, 11) is -3.25. The third kappa shape index (κ3) is 3.90. The van der Waals surface area contributed by atoms with E-state index in [1.54, 1.807) is 30.3 Å². The number of ketones is 1. The zero-order valence-electron chi connectivity index (χ0n) is 11.0. The van der Waals surface area contributed by atoms with Gasteiger partial charge in [0.05, 0.1) is 10.6 Å². The van der Waals surface area contributed by atoms with Gasteiger partial charge in [-0.3, -0.25) is 4.79 Å². The van der Waals surface area contributed by atoms with Gasteiger partial charge in [0.2, 0.25) is 0 Å². The van der Waals surface area contributed by atoms with Gasteiger partial charge >= 0.3 is 0 Å². The molecule has 1 aliphatic carbocycles. The molecule has 0 bridgehead atoms. The number of rotatable bonds is 4. The van der Waals surface area contributed by atoms with Gasteiger partial charge in [-0.15, -0.1) is 0 Å². The summed E-state index contributed by atoms with van der Waals surface area (Å²) in [4.78, 5) is 12.2. The molecule has 2 rings (SSSR count). The predicted molar refractivity (Wildman–Crippen MR) is 74.7 cm³/mol. The van der Waals surface area contributed by atoms with Crippen molar-refractivity contribution in [2.45, 2.75) is 43.4 Å². The summed E-state index contributed by atoms with van der Waals surface area (Å²) in [6.07, 6.45) is 5.03. The van der Waals surface area contributed by atoms with E-state index in [-0.39, 0.29) is 17.5 Å². The molecule has 1 saturated carbocycles. The number of benzene rings is 1. The maximum absolute atomic E-state index is 12.2. The largest absolute Gasteiger partial charge is 0.299 e. The molecule has 1 fully saturated rings. The van der Waals surface area contributed by atoms with Gasteiger partial charge in [-0.05, 0) is 31.4 Å². The number of sulfone groups is 1. The average Bonchev–Trinajstić information content (AvgIpc) is 2.62. The van der Waals surface area contributed by atoms with E-state index in [1.807, 2.05) is 0 Å². The van der Waals surface area contributed by atoms with Crippen LogP contribution >= 0.6 is 0 Å². The number of Topliss-reactive ketones (excluding diaryl/α,β-unsaturated/α-hetero) is 1. The standard InChI is InChI=1S/C15H20O3S/c16-15-10-6-1-3-7-13(15)11-12-19(17,18)14-8-4-2-5-9-14/h2,4-5,8-9,13H,1,3,6-7,10-12H2. The van der Waals surface area contributed by atoms with Crippen LogP contribution in [0, 0.1) is 5.92 Å². The van der Waals surface area contributed by atoms with Crippen molar-refractivity contribution in [1.29, 1.82) is 0 Å². The number of hydrogen-bond acceptors (Lipinski definition) is 3. The van der Waals surface area contributed by atoms with E-state index in [4.69, 9.17) is 0 Å². The molecule has 0 N–H and O–H groups in total. The van der Waals surface area contributed by atoms with Gasteiger partial charge in [0.15, 0.2) is 9.84 Å². The van der Waals surface area contributed by atoms with Crippen molar-refractivity contribution in [3.05, 3.63) is 30.3 Å². The Morgan fingerprint density at radius 3 is 2.53 bits per heavy atom. The molecule has 0 heterocycles.